The smallest absolute Gasteiger partial charge is 0.251 e. The Morgan fingerprint density at radius 3 is 2.74 bits per heavy atom. The molecular weight excluding hydrogens is 326 g/mol. The number of hydrogen-bond donors (Lipinski definition) is 1. The number of carbonyl (C=O) groups is 1. The van der Waals surface area contributed by atoms with Gasteiger partial charge >= 0.3 is 0 Å². The molecule has 0 radical (unpaired) electrons. The molecule has 19 heavy (non-hydrogen) atoms. The van der Waals surface area contributed by atoms with Crippen LogP contribution >= 0.6 is 27.5 Å². The maximum Gasteiger partial charge on any atom is 0.251 e. The zero-order chi connectivity index (χ0) is 14.0. The Balaban J connectivity index is 2.02. The van der Waals surface area contributed by atoms with Crippen LogP contribution in [-0.2, 0) is 0 Å². The molecule has 0 saturated heterocycles. The van der Waals surface area contributed by atoms with Crippen LogP contribution in [0.4, 0.5) is 0 Å². The fourth-order valence-electron chi connectivity index (χ4n) is 2.77. The monoisotopic (exact) mass is 343 g/mol. The van der Waals surface area contributed by atoms with Crippen molar-refractivity contribution >= 4 is 33.4 Å². The Labute approximate surface area is 128 Å². The highest BCUT2D eigenvalue weighted by Crippen LogP contribution is 2.29. The summed E-state index contributed by atoms with van der Waals surface area (Å²) >= 11 is 9.29. The fraction of sp³-hybridized carbons (Fsp3) is 0.533. The maximum absolute atomic E-state index is 12.2. The summed E-state index contributed by atoms with van der Waals surface area (Å²) in [6.07, 6.45) is 3.46. The van der Waals surface area contributed by atoms with Gasteiger partial charge in [-0.2, -0.15) is 0 Å². The van der Waals surface area contributed by atoms with Gasteiger partial charge in [-0.3, -0.25) is 4.79 Å². The molecule has 1 fully saturated rings. The van der Waals surface area contributed by atoms with Gasteiger partial charge in [0.1, 0.15) is 0 Å². The van der Waals surface area contributed by atoms with E-state index in [2.05, 4.69) is 35.1 Å². The van der Waals surface area contributed by atoms with Crippen molar-refractivity contribution in [1.82, 2.24) is 5.32 Å². The molecular formula is C15H19BrClNO. The molecule has 2 rings (SSSR count). The molecule has 3 unspecified atom stereocenters. The lowest BCUT2D eigenvalue weighted by Crippen LogP contribution is -2.42. The van der Waals surface area contributed by atoms with E-state index < -0.39 is 0 Å². The van der Waals surface area contributed by atoms with Crippen molar-refractivity contribution in [3.05, 3.63) is 33.3 Å². The summed E-state index contributed by atoms with van der Waals surface area (Å²) in [4.78, 5) is 12.2. The number of carbonyl (C=O) groups excluding carboxylic acids is 1. The van der Waals surface area contributed by atoms with Crippen LogP contribution in [0, 0.1) is 11.8 Å². The number of amides is 1. The van der Waals surface area contributed by atoms with E-state index in [9.17, 15) is 4.79 Å². The van der Waals surface area contributed by atoms with Crippen molar-refractivity contribution in [2.24, 2.45) is 11.8 Å². The maximum atomic E-state index is 12.2. The van der Waals surface area contributed by atoms with Gasteiger partial charge in [-0.1, -0.05) is 25.4 Å². The van der Waals surface area contributed by atoms with Crippen LogP contribution in [0.3, 0.4) is 0 Å². The van der Waals surface area contributed by atoms with E-state index in [1.807, 2.05) is 0 Å². The van der Waals surface area contributed by atoms with Crippen molar-refractivity contribution in [3.63, 3.8) is 0 Å². The van der Waals surface area contributed by atoms with Gasteiger partial charge in [-0.15, -0.1) is 0 Å². The molecule has 1 amide bonds. The van der Waals surface area contributed by atoms with E-state index in [1.54, 1.807) is 18.2 Å². The summed E-state index contributed by atoms with van der Waals surface area (Å²) in [5.41, 5.74) is 0.655. The van der Waals surface area contributed by atoms with E-state index in [0.717, 1.165) is 16.8 Å². The van der Waals surface area contributed by atoms with Crippen LogP contribution in [0.15, 0.2) is 22.7 Å². The zero-order valence-corrected chi connectivity index (χ0v) is 13.6. The van der Waals surface area contributed by atoms with Gasteiger partial charge in [-0.25, -0.2) is 0 Å². The third-order valence-corrected chi connectivity index (χ3v) is 5.14. The average molecular weight is 345 g/mol. The third-order valence-electron chi connectivity index (χ3n) is 3.93. The summed E-state index contributed by atoms with van der Waals surface area (Å²) in [5.74, 6) is 1.31. The summed E-state index contributed by atoms with van der Waals surface area (Å²) in [5, 5.41) is 3.77. The second kappa shape index (κ2) is 6.27. The summed E-state index contributed by atoms with van der Waals surface area (Å²) < 4.78 is 0.757. The molecule has 1 aliphatic carbocycles. The lowest BCUT2D eigenvalue weighted by atomic mass is 9.80. The normalized spacial score (nSPS) is 27.1. The van der Waals surface area contributed by atoms with Crippen LogP contribution < -0.4 is 5.32 Å². The summed E-state index contributed by atoms with van der Waals surface area (Å²) in [7, 11) is 0. The number of hydrogen-bond acceptors (Lipinski definition) is 1. The largest absolute Gasteiger partial charge is 0.349 e. The van der Waals surface area contributed by atoms with E-state index >= 15 is 0 Å². The van der Waals surface area contributed by atoms with Gasteiger partial charge in [0.2, 0.25) is 0 Å². The van der Waals surface area contributed by atoms with Crippen molar-refractivity contribution in [3.8, 4) is 0 Å². The first kappa shape index (κ1) is 14.9. The molecule has 1 aromatic carbocycles. The molecule has 1 N–H and O–H groups in total. The van der Waals surface area contributed by atoms with Gasteiger partial charge in [0.15, 0.2) is 0 Å². The van der Waals surface area contributed by atoms with Crippen molar-refractivity contribution < 1.29 is 4.79 Å². The van der Waals surface area contributed by atoms with Gasteiger partial charge in [0.05, 0.1) is 5.02 Å². The predicted molar refractivity (Wildman–Crippen MR) is 82.6 cm³/mol. The van der Waals surface area contributed by atoms with Gasteiger partial charge < -0.3 is 5.32 Å². The predicted octanol–water partition coefficient (Wildman–Crippen LogP) is 4.66. The molecule has 1 aromatic rings. The Morgan fingerprint density at radius 1 is 1.37 bits per heavy atom. The molecule has 0 heterocycles. The highest BCUT2D eigenvalue weighted by Gasteiger charge is 2.26. The minimum atomic E-state index is -0.0104. The molecule has 1 aliphatic rings. The second-order valence-electron chi connectivity index (χ2n) is 5.60. The molecule has 0 bridgehead atoms. The molecule has 0 aromatic heterocycles. The average Bonchev–Trinajstić information content (AvgIpc) is 2.36. The molecule has 3 atom stereocenters. The minimum absolute atomic E-state index is 0.0104. The Morgan fingerprint density at radius 2 is 2.11 bits per heavy atom. The molecule has 0 aliphatic heterocycles. The number of nitrogens with one attached hydrogen (secondary N) is 1. The number of rotatable bonds is 2. The van der Waals surface area contributed by atoms with Gasteiger partial charge in [0, 0.05) is 16.1 Å². The first-order valence-corrected chi connectivity index (χ1v) is 7.90. The quantitative estimate of drug-likeness (QED) is 0.831. The fourth-order valence-corrected chi connectivity index (χ4v) is 3.27. The van der Waals surface area contributed by atoms with Gasteiger partial charge in [0.25, 0.3) is 5.91 Å². The molecule has 104 valence electrons. The van der Waals surface area contributed by atoms with Crippen LogP contribution in [0.5, 0.6) is 0 Å². The van der Waals surface area contributed by atoms with Crippen LogP contribution in [-0.4, -0.2) is 11.9 Å². The third kappa shape index (κ3) is 3.73. The van der Waals surface area contributed by atoms with Crippen molar-refractivity contribution in [1.29, 1.82) is 0 Å². The van der Waals surface area contributed by atoms with Crippen LogP contribution in [0.2, 0.25) is 5.02 Å². The number of halogens is 2. The minimum Gasteiger partial charge on any atom is -0.349 e. The Kier molecular flexibility index (Phi) is 4.91. The summed E-state index contributed by atoms with van der Waals surface area (Å²) in [6, 6.07) is 5.57. The van der Waals surface area contributed by atoms with E-state index in [0.29, 0.717) is 16.5 Å². The van der Waals surface area contributed by atoms with Crippen LogP contribution in [0.25, 0.3) is 0 Å². The standard InChI is InChI=1S/C15H19BrClNO/c1-9-3-6-14(10(2)7-9)18-15(19)11-4-5-13(17)12(16)8-11/h4-5,8-10,14H,3,6-7H2,1-2H3,(H,18,19). The first-order chi connectivity index (χ1) is 8.97. The second-order valence-corrected chi connectivity index (χ2v) is 6.87. The highest BCUT2D eigenvalue weighted by atomic mass is 79.9. The highest BCUT2D eigenvalue weighted by molar-refractivity contribution is 9.10. The number of benzene rings is 1. The SMILES string of the molecule is CC1CCC(NC(=O)c2ccc(Cl)c(Br)c2)C(C)C1. The Bertz CT molecular complexity index is 477. The molecule has 2 nitrogen and oxygen atoms in total. The van der Waals surface area contributed by atoms with Crippen molar-refractivity contribution in [2.45, 2.75) is 39.2 Å². The van der Waals surface area contributed by atoms with E-state index in [1.165, 1.54) is 12.8 Å². The van der Waals surface area contributed by atoms with Gasteiger partial charge in [-0.05, 0) is 65.2 Å². The Hall–Kier alpha value is -0.540. The topological polar surface area (TPSA) is 29.1 Å². The summed E-state index contributed by atoms with van der Waals surface area (Å²) in [6.45, 7) is 4.50. The molecule has 4 heteroatoms. The zero-order valence-electron chi connectivity index (χ0n) is 11.2. The lowest BCUT2D eigenvalue weighted by molar-refractivity contribution is 0.0899. The lowest BCUT2D eigenvalue weighted by Gasteiger charge is -2.33. The van der Waals surface area contributed by atoms with E-state index in [-0.39, 0.29) is 11.9 Å². The molecule has 0 spiro atoms. The van der Waals surface area contributed by atoms with E-state index in [4.69, 9.17) is 11.6 Å². The molecule has 1 saturated carbocycles. The van der Waals surface area contributed by atoms with Crippen molar-refractivity contribution in [2.75, 3.05) is 0 Å². The first-order valence-electron chi connectivity index (χ1n) is 6.73. The van der Waals surface area contributed by atoms with Crippen LogP contribution in [0.1, 0.15) is 43.5 Å².